The van der Waals surface area contributed by atoms with Gasteiger partial charge in [-0.1, -0.05) is 0 Å². The smallest absolute Gasteiger partial charge is 0.290 e. The van der Waals surface area contributed by atoms with E-state index in [0.29, 0.717) is 37.6 Å². The third-order valence-corrected chi connectivity index (χ3v) is 2.54. The monoisotopic (exact) mass is 282 g/mol. The van der Waals surface area contributed by atoms with Crippen LogP contribution in [0.5, 0.6) is 0 Å². The molecule has 0 spiro atoms. The van der Waals surface area contributed by atoms with Gasteiger partial charge in [0.1, 0.15) is 11.5 Å². The van der Waals surface area contributed by atoms with Gasteiger partial charge in [-0.3, -0.25) is 14.9 Å². The van der Waals surface area contributed by atoms with Crippen molar-refractivity contribution in [3.8, 4) is 0 Å². The van der Waals surface area contributed by atoms with Crippen molar-refractivity contribution >= 4 is 17.4 Å². The van der Waals surface area contributed by atoms with Gasteiger partial charge in [0, 0.05) is 32.7 Å². The van der Waals surface area contributed by atoms with E-state index in [0.717, 1.165) is 0 Å². The molecule has 8 heteroatoms. The molecule has 0 unspecified atom stereocenters. The number of hydrogen-bond donors (Lipinski definition) is 2. The van der Waals surface area contributed by atoms with Crippen LogP contribution in [0.3, 0.4) is 0 Å². The van der Waals surface area contributed by atoms with Gasteiger partial charge >= 0.3 is 0 Å². The molecule has 20 heavy (non-hydrogen) atoms. The molecule has 1 aromatic rings. The van der Waals surface area contributed by atoms with Crippen LogP contribution >= 0.6 is 0 Å². The standard InChI is InChI=1S/C12H18N4O4/c1-9-10(16(18)19)3-4-11(15-9)13-6-5-12(17)14-7-8-20-2/h3-4H,5-8H2,1-2H3,(H,13,15)(H,14,17). The van der Waals surface area contributed by atoms with Crippen molar-refractivity contribution in [1.29, 1.82) is 0 Å². The lowest BCUT2D eigenvalue weighted by molar-refractivity contribution is -0.385. The molecular weight excluding hydrogens is 264 g/mol. The number of amides is 1. The molecule has 0 fully saturated rings. The SMILES string of the molecule is COCCNC(=O)CCNc1ccc([N+](=O)[O-])c(C)n1. The maximum atomic E-state index is 11.4. The lowest BCUT2D eigenvalue weighted by Crippen LogP contribution is -2.28. The second kappa shape index (κ2) is 8.05. The Morgan fingerprint density at radius 1 is 1.45 bits per heavy atom. The van der Waals surface area contributed by atoms with Gasteiger partial charge in [0.05, 0.1) is 11.5 Å². The Kier molecular flexibility index (Phi) is 6.38. The predicted molar refractivity (Wildman–Crippen MR) is 73.6 cm³/mol. The molecule has 0 saturated heterocycles. The predicted octanol–water partition coefficient (Wildman–Crippen LogP) is 0.863. The minimum atomic E-state index is -0.477. The lowest BCUT2D eigenvalue weighted by Gasteiger charge is -2.07. The summed E-state index contributed by atoms with van der Waals surface area (Å²) >= 11 is 0. The summed E-state index contributed by atoms with van der Waals surface area (Å²) in [7, 11) is 1.57. The number of aryl methyl sites for hydroxylation is 1. The molecule has 8 nitrogen and oxygen atoms in total. The van der Waals surface area contributed by atoms with E-state index in [-0.39, 0.29) is 11.6 Å². The van der Waals surface area contributed by atoms with E-state index in [9.17, 15) is 14.9 Å². The van der Waals surface area contributed by atoms with Crippen molar-refractivity contribution in [1.82, 2.24) is 10.3 Å². The second-order valence-corrected chi connectivity index (χ2v) is 4.08. The van der Waals surface area contributed by atoms with Crippen LogP contribution < -0.4 is 10.6 Å². The molecule has 0 radical (unpaired) electrons. The van der Waals surface area contributed by atoms with Gasteiger partial charge in [-0.15, -0.1) is 0 Å². The fraction of sp³-hybridized carbons (Fsp3) is 0.500. The Morgan fingerprint density at radius 3 is 2.80 bits per heavy atom. The number of nitrogens with zero attached hydrogens (tertiary/aromatic N) is 2. The molecule has 0 aliphatic carbocycles. The molecule has 1 heterocycles. The number of carbonyl (C=O) groups excluding carboxylic acids is 1. The van der Waals surface area contributed by atoms with Crippen molar-refractivity contribution in [3.05, 3.63) is 27.9 Å². The largest absolute Gasteiger partial charge is 0.383 e. The number of rotatable bonds is 8. The maximum Gasteiger partial charge on any atom is 0.290 e. The van der Waals surface area contributed by atoms with Gasteiger partial charge in [-0.25, -0.2) is 4.98 Å². The minimum Gasteiger partial charge on any atom is -0.383 e. The van der Waals surface area contributed by atoms with Crippen molar-refractivity contribution in [2.45, 2.75) is 13.3 Å². The summed E-state index contributed by atoms with van der Waals surface area (Å²) in [5.74, 6) is 0.422. The zero-order valence-electron chi connectivity index (χ0n) is 11.5. The first-order valence-corrected chi connectivity index (χ1v) is 6.16. The lowest BCUT2D eigenvalue weighted by atomic mass is 10.3. The van der Waals surface area contributed by atoms with E-state index in [2.05, 4.69) is 15.6 Å². The van der Waals surface area contributed by atoms with Crippen LogP contribution in [0.15, 0.2) is 12.1 Å². The molecule has 0 aromatic carbocycles. The first-order valence-electron chi connectivity index (χ1n) is 6.16. The Bertz CT molecular complexity index is 479. The van der Waals surface area contributed by atoms with Gasteiger partial charge < -0.3 is 15.4 Å². The van der Waals surface area contributed by atoms with Gasteiger partial charge in [-0.2, -0.15) is 0 Å². The molecule has 2 N–H and O–H groups in total. The Hall–Kier alpha value is -2.22. The number of nitro groups is 1. The zero-order chi connectivity index (χ0) is 15.0. The van der Waals surface area contributed by atoms with Crippen LogP contribution in [0.25, 0.3) is 0 Å². The third kappa shape index (κ3) is 5.19. The summed E-state index contributed by atoms with van der Waals surface area (Å²) in [6, 6.07) is 2.91. The molecule has 1 amide bonds. The molecule has 1 rings (SSSR count). The van der Waals surface area contributed by atoms with Gasteiger partial charge in [0.25, 0.3) is 5.69 Å². The fourth-order valence-electron chi connectivity index (χ4n) is 1.53. The molecule has 110 valence electrons. The van der Waals surface area contributed by atoms with Gasteiger partial charge in [0.2, 0.25) is 5.91 Å². The Labute approximate surface area is 116 Å². The van der Waals surface area contributed by atoms with Crippen molar-refractivity contribution in [3.63, 3.8) is 0 Å². The normalized spacial score (nSPS) is 10.1. The quantitative estimate of drug-likeness (QED) is 0.416. The van der Waals surface area contributed by atoms with Crippen LogP contribution in [0.1, 0.15) is 12.1 Å². The fourth-order valence-corrected chi connectivity index (χ4v) is 1.53. The van der Waals surface area contributed by atoms with Crippen molar-refractivity contribution in [2.24, 2.45) is 0 Å². The number of nitrogens with one attached hydrogen (secondary N) is 2. The topological polar surface area (TPSA) is 106 Å². The highest BCUT2D eigenvalue weighted by Gasteiger charge is 2.11. The highest BCUT2D eigenvalue weighted by atomic mass is 16.6. The Morgan fingerprint density at radius 2 is 2.20 bits per heavy atom. The van der Waals surface area contributed by atoms with E-state index in [4.69, 9.17) is 4.74 Å². The number of methoxy groups -OCH3 is 1. The number of aromatic nitrogens is 1. The maximum absolute atomic E-state index is 11.4. The molecule has 1 aromatic heterocycles. The molecule has 0 aliphatic rings. The first kappa shape index (κ1) is 15.8. The number of hydrogen-bond acceptors (Lipinski definition) is 6. The van der Waals surface area contributed by atoms with E-state index >= 15 is 0 Å². The van der Waals surface area contributed by atoms with Gasteiger partial charge in [0.15, 0.2) is 0 Å². The highest BCUT2D eigenvalue weighted by molar-refractivity contribution is 5.76. The molecule has 0 aliphatic heterocycles. The summed E-state index contributed by atoms with van der Waals surface area (Å²) in [4.78, 5) is 25.6. The summed E-state index contributed by atoms with van der Waals surface area (Å²) in [6.45, 7) is 2.93. The van der Waals surface area contributed by atoms with E-state index < -0.39 is 4.92 Å². The van der Waals surface area contributed by atoms with Crippen LogP contribution in [0.4, 0.5) is 11.5 Å². The van der Waals surface area contributed by atoms with E-state index in [1.54, 1.807) is 14.0 Å². The van der Waals surface area contributed by atoms with Crippen molar-refractivity contribution in [2.75, 3.05) is 32.1 Å². The molecule has 0 atom stereocenters. The van der Waals surface area contributed by atoms with Crippen LogP contribution in [-0.2, 0) is 9.53 Å². The summed E-state index contributed by atoms with van der Waals surface area (Å²) in [6.07, 6.45) is 0.293. The summed E-state index contributed by atoms with van der Waals surface area (Å²) in [5.41, 5.74) is 0.317. The Balaban J connectivity index is 2.37. The van der Waals surface area contributed by atoms with Crippen LogP contribution in [0.2, 0.25) is 0 Å². The number of anilines is 1. The second-order valence-electron chi connectivity index (χ2n) is 4.08. The summed E-state index contributed by atoms with van der Waals surface area (Å²) in [5, 5.41) is 16.3. The minimum absolute atomic E-state index is 0.0205. The average Bonchev–Trinajstić information content (AvgIpc) is 2.38. The number of carbonyl (C=O) groups is 1. The number of pyridine rings is 1. The molecule has 0 bridgehead atoms. The van der Waals surface area contributed by atoms with E-state index in [1.165, 1.54) is 12.1 Å². The zero-order valence-corrected chi connectivity index (χ0v) is 11.5. The first-order chi connectivity index (χ1) is 9.54. The summed E-state index contributed by atoms with van der Waals surface area (Å²) < 4.78 is 4.81. The van der Waals surface area contributed by atoms with Gasteiger partial charge in [-0.05, 0) is 13.0 Å². The third-order valence-electron chi connectivity index (χ3n) is 2.54. The van der Waals surface area contributed by atoms with E-state index in [1.807, 2.05) is 0 Å². The molecule has 0 saturated carbocycles. The highest BCUT2D eigenvalue weighted by Crippen LogP contribution is 2.17. The average molecular weight is 282 g/mol. The molecular formula is C12H18N4O4. The van der Waals surface area contributed by atoms with Crippen LogP contribution in [-0.4, -0.2) is 42.6 Å². The van der Waals surface area contributed by atoms with Crippen molar-refractivity contribution < 1.29 is 14.5 Å². The van der Waals surface area contributed by atoms with Crippen LogP contribution in [0, 0.1) is 17.0 Å². The number of ether oxygens (including phenoxy) is 1.